The van der Waals surface area contributed by atoms with Crippen LogP contribution in [-0.4, -0.2) is 6.61 Å². The highest BCUT2D eigenvalue weighted by Gasteiger charge is 2.49. The third-order valence-corrected chi connectivity index (χ3v) is 3.46. The van der Waals surface area contributed by atoms with Crippen LogP contribution in [0.25, 0.3) is 0 Å². The van der Waals surface area contributed by atoms with Crippen molar-refractivity contribution in [2.75, 3.05) is 6.61 Å². The van der Waals surface area contributed by atoms with Crippen LogP contribution in [0.5, 0.6) is 0 Å². The molecule has 0 aromatic heterocycles. The van der Waals surface area contributed by atoms with Crippen molar-refractivity contribution < 1.29 is 4.74 Å². The van der Waals surface area contributed by atoms with Crippen molar-refractivity contribution in [3.8, 4) is 0 Å². The van der Waals surface area contributed by atoms with Gasteiger partial charge < -0.3 is 4.74 Å². The maximum atomic E-state index is 5.61. The summed E-state index contributed by atoms with van der Waals surface area (Å²) in [5, 5.41) is 0. The van der Waals surface area contributed by atoms with Gasteiger partial charge >= 0.3 is 0 Å². The minimum Gasteiger partial charge on any atom is -0.364 e. The summed E-state index contributed by atoms with van der Waals surface area (Å²) in [4.78, 5) is 0. The highest BCUT2D eigenvalue weighted by atomic mass is 16.6. The monoisotopic (exact) mass is 174 g/mol. The van der Waals surface area contributed by atoms with Gasteiger partial charge in [-0.25, -0.2) is 0 Å². The molecule has 2 aliphatic rings. The lowest BCUT2D eigenvalue weighted by Gasteiger charge is -2.27. The number of rotatable bonds is 0. The van der Waals surface area contributed by atoms with Crippen LogP contribution in [0, 0.1) is 0 Å². The number of hydrogen-bond donors (Lipinski definition) is 0. The zero-order valence-electron chi connectivity index (χ0n) is 7.92. The molecule has 1 heterocycles. The van der Waals surface area contributed by atoms with Gasteiger partial charge in [-0.2, -0.15) is 0 Å². The van der Waals surface area contributed by atoms with Crippen LogP contribution in [0.1, 0.15) is 36.8 Å². The zero-order chi connectivity index (χ0) is 8.89. The second-order valence-electron chi connectivity index (χ2n) is 4.31. The molecule has 68 valence electrons. The number of benzene rings is 1. The molecular formula is C12H14O. The van der Waals surface area contributed by atoms with E-state index >= 15 is 0 Å². The first-order valence-electron chi connectivity index (χ1n) is 5.05. The van der Waals surface area contributed by atoms with E-state index in [2.05, 4.69) is 31.2 Å². The van der Waals surface area contributed by atoms with Gasteiger partial charge in [0.2, 0.25) is 0 Å². The molecule has 0 amide bonds. The number of fused-ring (bicyclic) bond motifs is 2. The van der Waals surface area contributed by atoms with Gasteiger partial charge in [0.1, 0.15) is 5.60 Å². The molecule has 1 heteroatoms. The highest BCUT2D eigenvalue weighted by Crippen LogP contribution is 2.50. The van der Waals surface area contributed by atoms with Crippen molar-refractivity contribution in [2.45, 2.75) is 31.3 Å². The minimum atomic E-state index is 0.142. The summed E-state index contributed by atoms with van der Waals surface area (Å²) in [5.41, 5.74) is 3.10. The van der Waals surface area contributed by atoms with E-state index in [4.69, 9.17) is 4.74 Å². The van der Waals surface area contributed by atoms with Crippen LogP contribution in [0.4, 0.5) is 0 Å². The maximum Gasteiger partial charge on any atom is 0.117 e. The molecule has 0 saturated carbocycles. The molecule has 1 spiro atoms. The summed E-state index contributed by atoms with van der Waals surface area (Å²) in [7, 11) is 0. The Kier molecular flexibility index (Phi) is 1.37. The van der Waals surface area contributed by atoms with Gasteiger partial charge in [0.05, 0.1) is 6.61 Å². The summed E-state index contributed by atoms with van der Waals surface area (Å²) in [5.74, 6) is 0.714. The topological polar surface area (TPSA) is 12.5 Å². The number of ether oxygens (including phenoxy) is 1. The fourth-order valence-electron chi connectivity index (χ4n) is 2.47. The van der Waals surface area contributed by atoms with E-state index in [9.17, 15) is 0 Å². The summed E-state index contributed by atoms with van der Waals surface area (Å²) >= 11 is 0. The van der Waals surface area contributed by atoms with Crippen molar-refractivity contribution >= 4 is 0 Å². The zero-order valence-corrected chi connectivity index (χ0v) is 7.92. The Bertz CT molecular complexity index is 339. The number of epoxide rings is 1. The van der Waals surface area contributed by atoms with E-state index in [0.29, 0.717) is 5.92 Å². The Labute approximate surface area is 78.7 Å². The molecule has 2 atom stereocenters. The molecule has 3 rings (SSSR count). The van der Waals surface area contributed by atoms with Crippen LogP contribution < -0.4 is 0 Å². The molecule has 1 aromatic rings. The van der Waals surface area contributed by atoms with Crippen molar-refractivity contribution in [3.05, 3.63) is 35.4 Å². The van der Waals surface area contributed by atoms with E-state index in [1.54, 1.807) is 0 Å². The van der Waals surface area contributed by atoms with Crippen LogP contribution in [0.2, 0.25) is 0 Å². The normalized spacial score (nSPS) is 35.9. The third-order valence-electron chi connectivity index (χ3n) is 3.46. The first-order valence-corrected chi connectivity index (χ1v) is 5.05. The van der Waals surface area contributed by atoms with Crippen LogP contribution in [0.3, 0.4) is 0 Å². The second-order valence-corrected chi connectivity index (χ2v) is 4.31. The maximum absolute atomic E-state index is 5.61. The molecule has 1 fully saturated rings. The standard InChI is InChI=1S/C12H14O/c1-9-6-7-12(8-13-12)11-5-3-2-4-10(9)11/h2-5,9H,6-8H2,1H3. The Balaban J connectivity index is 2.16. The van der Waals surface area contributed by atoms with Crippen molar-refractivity contribution in [1.29, 1.82) is 0 Å². The van der Waals surface area contributed by atoms with Gasteiger partial charge in [-0.05, 0) is 29.9 Å². The molecule has 1 aliphatic carbocycles. The van der Waals surface area contributed by atoms with Crippen LogP contribution in [0.15, 0.2) is 24.3 Å². The number of hydrogen-bond acceptors (Lipinski definition) is 1. The Morgan fingerprint density at radius 1 is 1.38 bits per heavy atom. The van der Waals surface area contributed by atoms with Gasteiger partial charge in [-0.1, -0.05) is 31.2 Å². The van der Waals surface area contributed by atoms with Gasteiger partial charge in [-0.15, -0.1) is 0 Å². The predicted octanol–water partition coefficient (Wildman–Crippen LogP) is 2.81. The Morgan fingerprint density at radius 2 is 2.15 bits per heavy atom. The largest absolute Gasteiger partial charge is 0.364 e. The molecule has 0 N–H and O–H groups in total. The molecule has 2 unspecified atom stereocenters. The van der Waals surface area contributed by atoms with Gasteiger partial charge in [0.25, 0.3) is 0 Å². The van der Waals surface area contributed by atoms with E-state index < -0.39 is 0 Å². The van der Waals surface area contributed by atoms with Crippen molar-refractivity contribution in [3.63, 3.8) is 0 Å². The first kappa shape index (κ1) is 7.57. The predicted molar refractivity (Wildman–Crippen MR) is 51.7 cm³/mol. The fourth-order valence-corrected chi connectivity index (χ4v) is 2.47. The van der Waals surface area contributed by atoms with E-state index in [-0.39, 0.29) is 5.60 Å². The molecule has 0 bridgehead atoms. The smallest absolute Gasteiger partial charge is 0.117 e. The van der Waals surface area contributed by atoms with Gasteiger partial charge in [0.15, 0.2) is 0 Å². The quantitative estimate of drug-likeness (QED) is 0.551. The lowest BCUT2D eigenvalue weighted by molar-refractivity contribution is 0.268. The van der Waals surface area contributed by atoms with Crippen LogP contribution >= 0.6 is 0 Å². The van der Waals surface area contributed by atoms with E-state index in [1.807, 2.05) is 0 Å². The SMILES string of the molecule is CC1CCC2(CO2)c2ccccc21. The first-order chi connectivity index (χ1) is 6.32. The highest BCUT2D eigenvalue weighted by molar-refractivity contribution is 5.39. The fraction of sp³-hybridized carbons (Fsp3) is 0.500. The molecule has 1 aromatic carbocycles. The van der Waals surface area contributed by atoms with Gasteiger partial charge in [-0.3, -0.25) is 0 Å². The van der Waals surface area contributed by atoms with Crippen molar-refractivity contribution in [2.24, 2.45) is 0 Å². The summed E-state index contributed by atoms with van der Waals surface area (Å²) in [6.07, 6.45) is 2.49. The molecule has 1 nitrogen and oxygen atoms in total. The van der Waals surface area contributed by atoms with E-state index in [0.717, 1.165) is 6.61 Å². The summed E-state index contributed by atoms with van der Waals surface area (Å²) < 4.78 is 5.61. The molecule has 1 saturated heterocycles. The molecular weight excluding hydrogens is 160 g/mol. The molecule has 13 heavy (non-hydrogen) atoms. The molecule has 0 radical (unpaired) electrons. The Morgan fingerprint density at radius 3 is 2.92 bits per heavy atom. The van der Waals surface area contributed by atoms with Crippen molar-refractivity contribution in [1.82, 2.24) is 0 Å². The molecule has 1 aliphatic heterocycles. The third kappa shape index (κ3) is 0.969. The summed E-state index contributed by atoms with van der Waals surface area (Å²) in [6, 6.07) is 8.75. The van der Waals surface area contributed by atoms with E-state index in [1.165, 1.54) is 24.0 Å². The lowest BCUT2D eigenvalue weighted by Crippen LogP contribution is -2.19. The Hall–Kier alpha value is -0.820. The average molecular weight is 174 g/mol. The van der Waals surface area contributed by atoms with Crippen LogP contribution in [-0.2, 0) is 10.3 Å². The van der Waals surface area contributed by atoms with Gasteiger partial charge in [0, 0.05) is 0 Å². The minimum absolute atomic E-state index is 0.142. The second kappa shape index (κ2) is 2.36. The average Bonchev–Trinajstić information content (AvgIpc) is 2.94. The lowest BCUT2D eigenvalue weighted by atomic mass is 9.77. The summed E-state index contributed by atoms with van der Waals surface area (Å²) in [6.45, 7) is 3.25.